The third-order valence-corrected chi connectivity index (χ3v) is 2.08. The number of halogens is 1. The predicted molar refractivity (Wildman–Crippen MR) is 58.1 cm³/mol. The largest absolute Gasteiger partial charge is 0.376 e. The topological polar surface area (TPSA) is 61.9 Å². The van der Waals surface area contributed by atoms with Crippen molar-refractivity contribution in [3.63, 3.8) is 0 Å². The van der Waals surface area contributed by atoms with E-state index in [1.54, 1.807) is 11.1 Å². The molecule has 1 aromatic heterocycles. The van der Waals surface area contributed by atoms with Crippen molar-refractivity contribution in [2.45, 2.75) is 11.9 Å². The third-order valence-electron chi connectivity index (χ3n) is 1.84. The summed E-state index contributed by atoms with van der Waals surface area (Å²) >= 11 is 5.60. The van der Waals surface area contributed by atoms with Gasteiger partial charge in [0.2, 0.25) is 0 Å². The summed E-state index contributed by atoms with van der Waals surface area (Å²) < 4.78 is 1.17. The maximum atomic E-state index is 11.5. The molecule has 0 fully saturated rings. The van der Waals surface area contributed by atoms with Crippen LogP contribution in [-0.4, -0.2) is 29.3 Å². The van der Waals surface area contributed by atoms with Gasteiger partial charge in [-0.05, 0) is 0 Å². The van der Waals surface area contributed by atoms with E-state index in [2.05, 4.69) is 5.10 Å². The Balaban J connectivity index is 2.95. The average molecular weight is 227 g/mol. The van der Waals surface area contributed by atoms with Crippen molar-refractivity contribution in [2.75, 3.05) is 19.0 Å². The number of hydrogen-bond donors (Lipinski definition) is 0. The Hall–Kier alpha value is -1.54. The molecule has 0 aliphatic heterocycles. The normalized spacial score (nSPS) is 11.9. The minimum atomic E-state index is -0.736. The number of rotatable bonds is 3. The zero-order valence-corrected chi connectivity index (χ0v) is 9.27. The van der Waals surface area contributed by atoms with E-state index >= 15 is 0 Å². The van der Waals surface area contributed by atoms with Crippen molar-refractivity contribution in [2.24, 2.45) is 0 Å². The third kappa shape index (κ3) is 2.96. The molecule has 0 saturated heterocycles. The van der Waals surface area contributed by atoms with Crippen molar-refractivity contribution < 1.29 is 0 Å². The number of nitrogens with zero attached hydrogens (tertiary/aromatic N) is 4. The van der Waals surface area contributed by atoms with Crippen LogP contribution in [0.1, 0.15) is 0 Å². The molecule has 1 rings (SSSR count). The van der Waals surface area contributed by atoms with E-state index in [0.29, 0.717) is 0 Å². The fourth-order valence-electron chi connectivity index (χ4n) is 0.998. The molecule has 1 aromatic rings. The Morgan fingerprint density at radius 1 is 1.73 bits per heavy atom. The molecule has 0 radical (unpaired) electrons. The molecule has 5 nitrogen and oxygen atoms in total. The Morgan fingerprint density at radius 3 is 2.87 bits per heavy atom. The van der Waals surface area contributed by atoms with Crippen LogP contribution < -0.4 is 10.5 Å². The van der Waals surface area contributed by atoms with Gasteiger partial charge in [0.15, 0.2) is 0 Å². The first-order chi connectivity index (χ1) is 7.04. The summed E-state index contributed by atoms with van der Waals surface area (Å²) in [5, 5.41) is 11.7. The van der Waals surface area contributed by atoms with Gasteiger partial charge in [0.25, 0.3) is 5.56 Å². The number of anilines is 1. The van der Waals surface area contributed by atoms with E-state index in [4.69, 9.17) is 16.9 Å². The number of nitriles is 1. The Labute approximate surface area is 92.5 Å². The van der Waals surface area contributed by atoms with Gasteiger partial charge < -0.3 is 4.90 Å². The molecule has 0 bridgehead atoms. The van der Waals surface area contributed by atoms with Gasteiger partial charge in [0, 0.05) is 20.2 Å². The predicted octanol–water partition coefficient (Wildman–Crippen LogP) is 0.440. The first-order valence-electron chi connectivity index (χ1n) is 4.32. The molecule has 1 heterocycles. The Bertz CT molecular complexity index is 434. The van der Waals surface area contributed by atoms with Gasteiger partial charge in [0.1, 0.15) is 5.38 Å². The molecule has 80 valence electrons. The highest BCUT2D eigenvalue weighted by molar-refractivity contribution is 6.22. The standard InChI is InChI=1S/C9H11ClN4O/c1-13(2)8-3-9(15)14(12-5-8)6-7(10)4-11/h3,5,7H,6H2,1-2H3. The van der Waals surface area contributed by atoms with Crippen LogP contribution in [-0.2, 0) is 6.54 Å². The summed E-state index contributed by atoms with van der Waals surface area (Å²) in [5.74, 6) is 0. The number of alkyl halides is 1. The molecule has 0 aliphatic carbocycles. The van der Waals surface area contributed by atoms with Crippen molar-refractivity contribution in [3.8, 4) is 6.07 Å². The van der Waals surface area contributed by atoms with Crippen molar-refractivity contribution in [3.05, 3.63) is 22.6 Å². The second-order valence-corrected chi connectivity index (χ2v) is 3.75. The zero-order chi connectivity index (χ0) is 11.4. The van der Waals surface area contributed by atoms with E-state index < -0.39 is 5.38 Å². The second-order valence-electron chi connectivity index (χ2n) is 3.23. The van der Waals surface area contributed by atoms with E-state index in [1.807, 2.05) is 20.2 Å². The highest BCUT2D eigenvalue weighted by Crippen LogP contribution is 2.04. The SMILES string of the molecule is CN(C)c1cnn(CC(Cl)C#N)c(=O)c1. The van der Waals surface area contributed by atoms with Crippen molar-refractivity contribution in [1.29, 1.82) is 5.26 Å². The van der Waals surface area contributed by atoms with Crippen molar-refractivity contribution in [1.82, 2.24) is 9.78 Å². The lowest BCUT2D eigenvalue weighted by atomic mass is 10.4. The molecule has 15 heavy (non-hydrogen) atoms. The summed E-state index contributed by atoms with van der Waals surface area (Å²) in [5.41, 5.74) is 0.460. The lowest BCUT2D eigenvalue weighted by molar-refractivity contribution is 0.592. The molecule has 6 heteroatoms. The molecule has 1 atom stereocenters. The van der Waals surface area contributed by atoms with Gasteiger partial charge in [-0.2, -0.15) is 10.4 Å². The molecule has 0 N–H and O–H groups in total. The van der Waals surface area contributed by atoms with Crippen LogP contribution in [0.3, 0.4) is 0 Å². The second kappa shape index (κ2) is 4.80. The van der Waals surface area contributed by atoms with Crippen LogP contribution in [0.5, 0.6) is 0 Å². The summed E-state index contributed by atoms with van der Waals surface area (Å²) in [6, 6.07) is 3.29. The monoisotopic (exact) mass is 226 g/mol. The van der Waals surface area contributed by atoms with Gasteiger partial charge in [-0.3, -0.25) is 4.79 Å². The van der Waals surface area contributed by atoms with Gasteiger partial charge in [-0.1, -0.05) is 0 Å². The van der Waals surface area contributed by atoms with Gasteiger partial charge in [0.05, 0.1) is 24.5 Å². The molecular formula is C9H11ClN4O. The summed E-state index contributed by atoms with van der Waals surface area (Å²) in [7, 11) is 3.64. The van der Waals surface area contributed by atoms with Crippen LogP contribution in [0.2, 0.25) is 0 Å². The lowest BCUT2D eigenvalue weighted by Crippen LogP contribution is -2.27. The molecule has 0 amide bonds. The number of aromatic nitrogens is 2. The van der Waals surface area contributed by atoms with E-state index in [-0.39, 0.29) is 12.1 Å². The van der Waals surface area contributed by atoms with Crippen molar-refractivity contribution >= 4 is 17.3 Å². The maximum Gasteiger partial charge on any atom is 0.268 e. The maximum absolute atomic E-state index is 11.5. The molecule has 0 saturated carbocycles. The summed E-state index contributed by atoms with van der Waals surface area (Å²) in [6.45, 7) is 0.102. The lowest BCUT2D eigenvalue weighted by Gasteiger charge is -2.12. The number of hydrogen-bond acceptors (Lipinski definition) is 4. The minimum absolute atomic E-state index is 0.102. The first-order valence-corrected chi connectivity index (χ1v) is 4.76. The van der Waals surface area contributed by atoms with Gasteiger partial charge in [-0.15, -0.1) is 11.6 Å². The molecule has 1 unspecified atom stereocenters. The fraction of sp³-hybridized carbons (Fsp3) is 0.444. The van der Waals surface area contributed by atoms with Crippen LogP contribution in [0, 0.1) is 11.3 Å². The van der Waals surface area contributed by atoms with Crippen LogP contribution in [0.15, 0.2) is 17.1 Å². The van der Waals surface area contributed by atoms with Gasteiger partial charge in [-0.25, -0.2) is 4.68 Å². The highest BCUT2D eigenvalue weighted by atomic mass is 35.5. The molecule has 0 spiro atoms. The van der Waals surface area contributed by atoms with Crippen LogP contribution in [0.4, 0.5) is 5.69 Å². The molecular weight excluding hydrogens is 216 g/mol. The average Bonchev–Trinajstić information content (AvgIpc) is 2.20. The smallest absolute Gasteiger partial charge is 0.268 e. The van der Waals surface area contributed by atoms with E-state index in [0.717, 1.165) is 5.69 Å². The highest BCUT2D eigenvalue weighted by Gasteiger charge is 2.07. The summed E-state index contributed by atoms with van der Waals surface area (Å²) in [6.07, 6.45) is 1.56. The zero-order valence-electron chi connectivity index (χ0n) is 8.51. The fourth-order valence-corrected chi connectivity index (χ4v) is 1.13. The molecule has 0 aliphatic rings. The van der Waals surface area contributed by atoms with E-state index in [1.165, 1.54) is 10.7 Å². The quantitative estimate of drug-likeness (QED) is 0.702. The van der Waals surface area contributed by atoms with E-state index in [9.17, 15) is 4.79 Å². The van der Waals surface area contributed by atoms with Crippen LogP contribution >= 0.6 is 11.6 Å². The first kappa shape index (κ1) is 11.5. The Kier molecular flexibility index (Phi) is 3.69. The minimum Gasteiger partial charge on any atom is -0.376 e. The summed E-state index contributed by atoms with van der Waals surface area (Å²) in [4.78, 5) is 13.3. The Morgan fingerprint density at radius 2 is 2.40 bits per heavy atom. The van der Waals surface area contributed by atoms with Gasteiger partial charge >= 0.3 is 0 Å². The van der Waals surface area contributed by atoms with Crippen LogP contribution in [0.25, 0.3) is 0 Å². The molecule has 0 aromatic carbocycles.